The molecular formula is C58H74N2O14. The summed E-state index contributed by atoms with van der Waals surface area (Å²) in [5.41, 5.74) is 6.17. The molecule has 0 saturated carbocycles. The van der Waals surface area contributed by atoms with Gasteiger partial charge >= 0.3 is 23.9 Å². The first-order chi connectivity index (χ1) is 34.1. The predicted octanol–water partition coefficient (Wildman–Crippen LogP) is 8.59. The van der Waals surface area contributed by atoms with E-state index in [9.17, 15) is 59.4 Å². The van der Waals surface area contributed by atoms with E-state index in [1.807, 2.05) is 90.1 Å². The number of carboxylic acid groups (broad SMARTS) is 4. The second-order valence-electron chi connectivity index (χ2n) is 23.6. The molecule has 4 aromatic rings. The second-order valence-corrected chi connectivity index (χ2v) is 23.6. The first-order valence-corrected chi connectivity index (χ1v) is 24.9. The minimum absolute atomic E-state index is 0.0361. The van der Waals surface area contributed by atoms with Gasteiger partial charge in [0.05, 0.1) is 0 Å². The van der Waals surface area contributed by atoms with Crippen molar-refractivity contribution in [3.8, 4) is 23.0 Å². The molecule has 400 valence electrons. The van der Waals surface area contributed by atoms with Crippen LogP contribution >= 0.6 is 0 Å². The molecule has 0 radical (unpaired) electrons. The van der Waals surface area contributed by atoms with Gasteiger partial charge in [0.2, 0.25) is 0 Å². The number of aliphatic carboxylic acids is 4. The van der Waals surface area contributed by atoms with Gasteiger partial charge < -0.3 is 50.7 Å². The molecule has 8 N–H and O–H groups in total. The molecule has 0 fully saturated rings. The molecule has 0 saturated heterocycles. The Labute approximate surface area is 433 Å². The Morgan fingerprint density at radius 2 is 0.662 bits per heavy atom. The van der Waals surface area contributed by atoms with E-state index in [0.717, 1.165) is 22.3 Å². The first kappa shape index (κ1) is 57.8. The standard InChI is InChI=1S/C58H74N2O14/c1-55(2,3)39-21-31-17-35-25-41(57(7,8)9)27-37(51(35)73-29-45(61)59-43(53(69)70)13-15-47(63)64)19-33-23-40(56(4,5)6)24-34(50(33)68)20-38-28-42(58(10,11)12)26-36(18-32(22-39)49(31)67)52(38)74-30-46(62)60-44(54(71)72)14-16-48(65)66/h21-28,43-44,67-68H,13-20,29-30H2,1-12H3,(H,59,61)(H,60,62)(H,63,64)(H,65,66)(H,69,70)(H,71,72). The van der Waals surface area contributed by atoms with Crippen LogP contribution < -0.4 is 20.1 Å². The normalized spacial score (nSPS) is 13.8. The van der Waals surface area contributed by atoms with Crippen molar-refractivity contribution in [3.63, 3.8) is 0 Å². The summed E-state index contributed by atoms with van der Waals surface area (Å²) in [5.74, 6) is -6.34. The van der Waals surface area contributed by atoms with Crippen LogP contribution in [0.1, 0.15) is 176 Å². The Balaban J connectivity index is 1.83. The van der Waals surface area contributed by atoms with Gasteiger partial charge in [-0.2, -0.15) is 0 Å². The van der Waals surface area contributed by atoms with Crippen molar-refractivity contribution in [2.75, 3.05) is 13.2 Å². The zero-order valence-electron chi connectivity index (χ0n) is 44.8. The Hall–Kier alpha value is -7.10. The number of hydrogen-bond donors (Lipinski definition) is 8. The van der Waals surface area contributed by atoms with E-state index in [-0.39, 0.29) is 61.5 Å². The zero-order valence-corrected chi connectivity index (χ0v) is 44.8. The van der Waals surface area contributed by atoms with Gasteiger partial charge in [0.1, 0.15) is 35.1 Å². The fourth-order valence-electron chi connectivity index (χ4n) is 8.81. The third kappa shape index (κ3) is 15.0. The number of benzene rings is 4. The van der Waals surface area contributed by atoms with Crippen molar-refractivity contribution in [1.29, 1.82) is 0 Å². The van der Waals surface area contributed by atoms with E-state index in [1.54, 1.807) is 0 Å². The molecule has 2 amide bonds. The topological polar surface area (TPSA) is 266 Å². The molecule has 1 aliphatic rings. The predicted molar refractivity (Wildman–Crippen MR) is 279 cm³/mol. The maximum atomic E-state index is 13.6. The highest BCUT2D eigenvalue weighted by atomic mass is 16.5. The average Bonchev–Trinajstić information content (AvgIpc) is 3.26. The van der Waals surface area contributed by atoms with Crippen LogP contribution in [-0.4, -0.2) is 91.6 Å². The van der Waals surface area contributed by atoms with Gasteiger partial charge in [0.15, 0.2) is 13.2 Å². The van der Waals surface area contributed by atoms with E-state index in [2.05, 4.69) is 52.2 Å². The first-order valence-electron chi connectivity index (χ1n) is 24.9. The number of amides is 2. The molecule has 1 aliphatic carbocycles. The van der Waals surface area contributed by atoms with Gasteiger partial charge in [0, 0.05) is 38.5 Å². The second kappa shape index (κ2) is 22.6. The lowest BCUT2D eigenvalue weighted by Crippen LogP contribution is -2.43. The van der Waals surface area contributed by atoms with E-state index < -0.39 is 95.5 Å². The number of fused-ring (bicyclic) bond motifs is 8. The van der Waals surface area contributed by atoms with Crippen LogP contribution in [0.2, 0.25) is 0 Å². The SMILES string of the molecule is CC(C)(C)c1cc2c(O)c(c1)Cc1cc(C(C)(C)C)cc(c1OCC(=O)NC(CCC(=O)O)C(=O)O)Cc1cc(C(C)(C)C)cc(c1O)Cc1cc(C(C)(C)C)cc(c1OCC(=O)NC(CCC(=O)O)C(=O)O)C2. The van der Waals surface area contributed by atoms with Gasteiger partial charge in [-0.3, -0.25) is 19.2 Å². The fraction of sp³-hybridized carbons (Fsp3) is 0.483. The zero-order chi connectivity index (χ0) is 55.4. The van der Waals surface area contributed by atoms with Gasteiger partial charge in [-0.25, -0.2) is 9.59 Å². The molecule has 16 heteroatoms. The van der Waals surface area contributed by atoms with E-state index >= 15 is 0 Å². The van der Waals surface area contributed by atoms with Crippen LogP contribution in [0.5, 0.6) is 23.0 Å². The smallest absolute Gasteiger partial charge is 0.326 e. The third-order valence-corrected chi connectivity index (χ3v) is 13.3. The Kier molecular flexibility index (Phi) is 17.6. The monoisotopic (exact) mass is 1020 g/mol. The minimum Gasteiger partial charge on any atom is -0.507 e. The number of carbonyl (C=O) groups is 6. The minimum atomic E-state index is -1.49. The summed E-state index contributed by atoms with van der Waals surface area (Å²) in [6, 6.07) is 12.6. The molecular weight excluding hydrogens is 949 g/mol. The number of hydrogen-bond acceptors (Lipinski definition) is 10. The molecule has 16 nitrogen and oxygen atoms in total. The maximum absolute atomic E-state index is 13.6. The number of carbonyl (C=O) groups excluding carboxylic acids is 2. The van der Waals surface area contributed by atoms with Crippen molar-refractivity contribution in [2.45, 2.75) is 168 Å². The summed E-state index contributed by atoms with van der Waals surface area (Å²) >= 11 is 0. The van der Waals surface area contributed by atoms with Crippen molar-refractivity contribution < 1.29 is 68.9 Å². The van der Waals surface area contributed by atoms with Gasteiger partial charge in [-0.15, -0.1) is 0 Å². The fourth-order valence-corrected chi connectivity index (χ4v) is 8.81. The molecule has 4 aromatic carbocycles. The van der Waals surface area contributed by atoms with Crippen LogP contribution in [0, 0.1) is 0 Å². The number of phenols is 2. The molecule has 5 rings (SSSR count). The Morgan fingerprint density at radius 3 is 0.865 bits per heavy atom. The highest BCUT2D eigenvalue weighted by molar-refractivity contribution is 5.85. The lowest BCUT2D eigenvalue weighted by molar-refractivity contribution is -0.144. The van der Waals surface area contributed by atoms with Crippen LogP contribution in [0.3, 0.4) is 0 Å². The largest absolute Gasteiger partial charge is 0.507 e. The number of phenolic OH excluding ortho intramolecular Hbond substituents is 2. The molecule has 0 aliphatic heterocycles. The number of ether oxygens (including phenoxy) is 2. The summed E-state index contributed by atoms with van der Waals surface area (Å²) in [5, 5.41) is 68.1. The number of carboxylic acids is 4. The molecule has 0 spiro atoms. The van der Waals surface area contributed by atoms with Gasteiger partial charge in [0.25, 0.3) is 11.8 Å². The van der Waals surface area contributed by atoms with Gasteiger partial charge in [-0.05, 0) is 101 Å². The van der Waals surface area contributed by atoms with E-state index in [1.165, 1.54) is 0 Å². The molecule has 0 aromatic heterocycles. The number of rotatable bonds is 16. The lowest BCUT2D eigenvalue weighted by atomic mass is 9.79. The van der Waals surface area contributed by atoms with Crippen LogP contribution in [0.15, 0.2) is 48.5 Å². The molecule has 74 heavy (non-hydrogen) atoms. The third-order valence-electron chi connectivity index (χ3n) is 13.3. The molecule has 2 unspecified atom stereocenters. The molecule has 0 heterocycles. The quantitative estimate of drug-likeness (QED) is 0.0460. The highest BCUT2D eigenvalue weighted by Gasteiger charge is 2.30. The number of nitrogens with one attached hydrogen (secondary N) is 2. The summed E-state index contributed by atoms with van der Waals surface area (Å²) in [6.45, 7) is 23.3. The summed E-state index contributed by atoms with van der Waals surface area (Å²) in [4.78, 5) is 73.9. The summed E-state index contributed by atoms with van der Waals surface area (Å²) in [7, 11) is 0. The Morgan fingerprint density at radius 1 is 0.432 bits per heavy atom. The molecule has 2 atom stereocenters. The van der Waals surface area contributed by atoms with Crippen molar-refractivity contribution >= 4 is 35.7 Å². The summed E-state index contributed by atoms with van der Waals surface area (Å²) in [6.07, 6.45) is -1.36. The summed E-state index contributed by atoms with van der Waals surface area (Å²) < 4.78 is 13.0. The van der Waals surface area contributed by atoms with E-state index in [4.69, 9.17) is 9.47 Å². The highest BCUT2D eigenvalue weighted by Crippen LogP contribution is 2.44. The Bertz CT molecular complexity index is 2530. The van der Waals surface area contributed by atoms with Crippen molar-refractivity contribution in [2.24, 2.45) is 0 Å². The molecule has 8 bridgehead atoms. The maximum Gasteiger partial charge on any atom is 0.326 e. The lowest BCUT2D eigenvalue weighted by Gasteiger charge is -2.28. The van der Waals surface area contributed by atoms with E-state index in [0.29, 0.717) is 44.5 Å². The van der Waals surface area contributed by atoms with Crippen molar-refractivity contribution in [1.82, 2.24) is 10.6 Å². The van der Waals surface area contributed by atoms with Crippen LogP contribution in [-0.2, 0) is 76.1 Å². The van der Waals surface area contributed by atoms with Crippen LogP contribution in [0.25, 0.3) is 0 Å². The van der Waals surface area contributed by atoms with Gasteiger partial charge in [-0.1, -0.05) is 132 Å². The van der Waals surface area contributed by atoms with Crippen LogP contribution in [0.4, 0.5) is 0 Å². The van der Waals surface area contributed by atoms with Crippen molar-refractivity contribution in [3.05, 3.63) is 115 Å². The number of aromatic hydroxyl groups is 2. The average molecular weight is 1020 g/mol.